The minimum Gasteiger partial charge on any atom is -0.467 e. The minimum absolute atomic E-state index is 0.169. The first-order valence-electron chi connectivity index (χ1n) is 6.89. The Bertz CT molecular complexity index is 643. The lowest BCUT2D eigenvalue weighted by molar-refractivity contribution is 0.238. The molecule has 0 radical (unpaired) electrons. The maximum Gasteiger partial charge on any atom is 0.315 e. The van der Waals surface area contributed by atoms with Crippen molar-refractivity contribution in [2.24, 2.45) is 0 Å². The molecule has 0 fully saturated rings. The van der Waals surface area contributed by atoms with E-state index >= 15 is 0 Å². The molecule has 0 saturated heterocycles. The summed E-state index contributed by atoms with van der Waals surface area (Å²) in [6, 6.07) is 9.10. The average molecular weight is 316 g/mol. The second-order valence-corrected chi connectivity index (χ2v) is 5.69. The first kappa shape index (κ1) is 14.4. The number of nitrogens with zero attached hydrogens (tertiary/aromatic N) is 2. The first-order valence-corrected chi connectivity index (χ1v) is 7.77. The predicted molar refractivity (Wildman–Crippen MR) is 83.6 cm³/mol. The van der Waals surface area contributed by atoms with E-state index in [1.54, 1.807) is 28.5 Å². The largest absolute Gasteiger partial charge is 0.467 e. The van der Waals surface area contributed by atoms with Gasteiger partial charge in [0.2, 0.25) is 0 Å². The van der Waals surface area contributed by atoms with Gasteiger partial charge >= 0.3 is 6.03 Å². The number of thiophene rings is 1. The van der Waals surface area contributed by atoms with E-state index in [2.05, 4.69) is 15.7 Å². The van der Waals surface area contributed by atoms with E-state index in [4.69, 9.17) is 4.42 Å². The molecule has 3 aromatic rings. The molecule has 3 heterocycles. The quantitative estimate of drug-likeness (QED) is 0.734. The molecule has 2 N–H and O–H groups in total. The van der Waals surface area contributed by atoms with Crippen LogP contribution < -0.4 is 10.6 Å². The number of carbonyl (C=O) groups excluding carboxylic acids is 1. The molecule has 22 heavy (non-hydrogen) atoms. The van der Waals surface area contributed by atoms with Crippen molar-refractivity contribution in [1.82, 2.24) is 20.4 Å². The van der Waals surface area contributed by atoms with Crippen molar-refractivity contribution in [2.45, 2.75) is 12.6 Å². The van der Waals surface area contributed by atoms with Crippen LogP contribution in [0.15, 0.2) is 58.8 Å². The van der Waals surface area contributed by atoms with Crippen molar-refractivity contribution in [3.63, 3.8) is 0 Å². The van der Waals surface area contributed by atoms with Crippen molar-refractivity contribution >= 4 is 17.4 Å². The molecular formula is C15H16N4O2S. The van der Waals surface area contributed by atoms with E-state index in [1.807, 2.05) is 41.9 Å². The maximum absolute atomic E-state index is 11.9. The van der Waals surface area contributed by atoms with Crippen LogP contribution in [0.5, 0.6) is 0 Å². The van der Waals surface area contributed by atoms with Gasteiger partial charge in [-0.2, -0.15) is 5.10 Å². The molecule has 2 amide bonds. The van der Waals surface area contributed by atoms with E-state index in [0.717, 1.165) is 10.6 Å². The van der Waals surface area contributed by atoms with Gasteiger partial charge in [0, 0.05) is 23.8 Å². The summed E-state index contributed by atoms with van der Waals surface area (Å²) in [5.74, 6) is 0.752. The third-order valence-corrected chi connectivity index (χ3v) is 4.05. The number of nitrogens with one attached hydrogen (secondary N) is 2. The van der Waals surface area contributed by atoms with E-state index < -0.39 is 0 Å². The highest BCUT2D eigenvalue weighted by Gasteiger charge is 2.17. The lowest BCUT2D eigenvalue weighted by atomic mass is 10.2. The smallest absolute Gasteiger partial charge is 0.315 e. The second-order valence-electron chi connectivity index (χ2n) is 4.66. The molecule has 0 aliphatic heterocycles. The standard InChI is InChI=1S/C15H16N4O2S/c20-15(16-10-12-4-2-9-22-12)17-11-13(14-5-1-8-21-14)19-7-3-6-18-19/h1-9,13H,10-11H2,(H2,16,17,20)/t13-/m0/s1. The molecule has 1 atom stereocenters. The van der Waals surface area contributed by atoms with Gasteiger partial charge in [-0.15, -0.1) is 11.3 Å². The van der Waals surface area contributed by atoms with Crippen molar-refractivity contribution in [3.8, 4) is 0 Å². The van der Waals surface area contributed by atoms with Crippen molar-refractivity contribution < 1.29 is 9.21 Å². The van der Waals surface area contributed by atoms with Crippen LogP contribution in [-0.4, -0.2) is 22.4 Å². The summed E-state index contributed by atoms with van der Waals surface area (Å²) in [6.45, 7) is 0.919. The predicted octanol–water partition coefficient (Wildman–Crippen LogP) is 2.63. The van der Waals surface area contributed by atoms with Crippen LogP contribution in [0, 0.1) is 0 Å². The van der Waals surface area contributed by atoms with Gasteiger partial charge < -0.3 is 15.1 Å². The Morgan fingerprint density at radius 1 is 1.32 bits per heavy atom. The van der Waals surface area contributed by atoms with E-state index in [-0.39, 0.29) is 12.1 Å². The van der Waals surface area contributed by atoms with Gasteiger partial charge in [0.15, 0.2) is 0 Å². The van der Waals surface area contributed by atoms with Crippen molar-refractivity contribution in [1.29, 1.82) is 0 Å². The molecule has 0 aliphatic carbocycles. The summed E-state index contributed by atoms with van der Waals surface area (Å²) in [6.07, 6.45) is 5.16. The van der Waals surface area contributed by atoms with Gasteiger partial charge in [0.05, 0.1) is 12.8 Å². The summed E-state index contributed by atoms with van der Waals surface area (Å²) >= 11 is 1.61. The van der Waals surface area contributed by atoms with Crippen LogP contribution in [0.25, 0.3) is 0 Å². The van der Waals surface area contributed by atoms with E-state index in [1.165, 1.54) is 0 Å². The number of aromatic nitrogens is 2. The van der Waals surface area contributed by atoms with Gasteiger partial charge in [0.1, 0.15) is 11.8 Å². The van der Waals surface area contributed by atoms with E-state index in [0.29, 0.717) is 13.1 Å². The molecule has 6 nitrogen and oxygen atoms in total. The lowest BCUT2D eigenvalue weighted by Crippen LogP contribution is -2.38. The van der Waals surface area contributed by atoms with Gasteiger partial charge in [-0.1, -0.05) is 6.07 Å². The number of carbonyl (C=O) groups is 1. The minimum atomic E-state index is -0.211. The second kappa shape index (κ2) is 6.95. The molecule has 0 aromatic carbocycles. The molecule has 0 unspecified atom stereocenters. The van der Waals surface area contributed by atoms with E-state index in [9.17, 15) is 4.79 Å². The highest BCUT2D eigenvalue weighted by Crippen LogP contribution is 2.17. The monoisotopic (exact) mass is 316 g/mol. The molecule has 7 heteroatoms. The SMILES string of the molecule is O=C(NCc1cccs1)NC[C@@H](c1ccco1)n1cccn1. The van der Waals surface area contributed by atoms with Gasteiger partial charge in [-0.05, 0) is 29.6 Å². The van der Waals surface area contributed by atoms with Crippen LogP contribution in [-0.2, 0) is 6.54 Å². The third-order valence-electron chi connectivity index (χ3n) is 3.18. The summed E-state index contributed by atoms with van der Waals surface area (Å²) < 4.78 is 7.20. The number of rotatable bonds is 6. The van der Waals surface area contributed by atoms with Crippen LogP contribution in [0.1, 0.15) is 16.7 Å². The molecule has 0 saturated carbocycles. The van der Waals surface area contributed by atoms with Crippen molar-refractivity contribution in [2.75, 3.05) is 6.54 Å². The van der Waals surface area contributed by atoms with Crippen LogP contribution >= 0.6 is 11.3 Å². The zero-order valence-corrected chi connectivity index (χ0v) is 12.6. The molecular weight excluding hydrogens is 300 g/mol. The fourth-order valence-corrected chi connectivity index (χ4v) is 2.75. The van der Waals surface area contributed by atoms with Crippen LogP contribution in [0.4, 0.5) is 4.79 Å². The zero-order valence-electron chi connectivity index (χ0n) is 11.8. The van der Waals surface area contributed by atoms with Gasteiger partial charge in [-0.25, -0.2) is 4.79 Å². The topological polar surface area (TPSA) is 72.1 Å². The number of amides is 2. The van der Waals surface area contributed by atoms with Gasteiger partial charge in [0.25, 0.3) is 0 Å². The number of furan rings is 1. The van der Waals surface area contributed by atoms with Gasteiger partial charge in [-0.3, -0.25) is 4.68 Å². The summed E-state index contributed by atoms with van der Waals surface area (Å²) in [7, 11) is 0. The summed E-state index contributed by atoms with van der Waals surface area (Å²) in [5, 5.41) is 11.9. The summed E-state index contributed by atoms with van der Waals surface area (Å²) in [5.41, 5.74) is 0. The highest BCUT2D eigenvalue weighted by atomic mass is 32.1. The Balaban J connectivity index is 1.56. The Kier molecular flexibility index (Phi) is 4.55. The average Bonchev–Trinajstić information content (AvgIpc) is 3.27. The lowest BCUT2D eigenvalue weighted by Gasteiger charge is -2.16. The zero-order chi connectivity index (χ0) is 15.2. The highest BCUT2D eigenvalue weighted by molar-refractivity contribution is 7.09. The fraction of sp³-hybridized carbons (Fsp3) is 0.200. The molecule has 0 aliphatic rings. The Hall–Kier alpha value is -2.54. The molecule has 114 valence electrons. The molecule has 3 rings (SSSR count). The van der Waals surface area contributed by atoms with Crippen molar-refractivity contribution in [3.05, 3.63) is 65.0 Å². The first-order chi connectivity index (χ1) is 10.8. The number of urea groups is 1. The third kappa shape index (κ3) is 3.56. The maximum atomic E-state index is 11.9. The Labute approximate surface area is 131 Å². The Morgan fingerprint density at radius 2 is 2.27 bits per heavy atom. The number of hydrogen-bond acceptors (Lipinski definition) is 4. The molecule has 0 spiro atoms. The summed E-state index contributed by atoms with van der Waals surface area (Å²) in [4.78, 5) is 13.0. The van der Waals surface area contributed by atoms with Crippen LogP contribution in [0.2, 0.25) is 0 Å². The molecule has 3 aromatic heterocycles. The molecule has 0 bridgehead atoms. The number of hydrogen-bond donors (Lipinski definition) is 2. The normalized spacial score (nSPS) is 12.0. The Morgan fingerprint density at radius 3 is 2.95 bits per heavy atom. The van der Waals surface area contributed by atoms with Crippen LogP contribution in [0.3, 0.4) is 0 Å². The fourth-order valence-electron chi connectivity index (χ4n) is 2.10.